The normalized spacial score (nSPS) is 14.4. The Hall–Kier alpha value is -4.37. The first kappa shape index (κ1) is 64.6. The van der Waals surface area contributed by atoms with Crippen LogP contribution in [0.1, 0.15) is 168 Å². The van der Waals surface area contributed by atoms with Crippen molar-refractivity contribution >= 4 is 19.8 Å². The van der Waals surface area contributed by atoms with E-state index in [1.807, 2.05) is 6.08 Å². The van der Waals surface area contributed by atoms with Crippen molar-refractivity contribution in [1.82, 2.24) is 0 Å². The second kappa shape index (κ2) is 53.0. The molecule has 0 bridgehead atoms. The van der Waals surface area contributed by atoms with E-state index >= 15 is 0 Å². The molecule has 0 aliphatic rings. The minimum Gasteiger partial charge on any atom is -0.462 e. The van der Waals surface area contributed by atoms with Crippen LogP contribution < -0.4 is 5.73 Å². The summed E-state index contributed by atoms with van der Waals surface area (Å²) in [4.78, 5) is 35.1. The molecule has 10 heteroatoms. The van der Waals surface area contributed by atoms with Gasteiger partial charge in [0.25, 0.3) is 0 Å². The zero-order chi connectivity index (χ0) is 50.2. The Kier molecular flexibility index (Phi) is 49.6. The summed E-state index contributed by atoms with van der Waals surface area (Å²) in [5.74, 6) is -0.931. The second-order valence-corrected chi connectivity index (χ2v) is 17.7. The van der Waals surface area contributed by atoms with Crippen LogP contribution in [0.25, 0.3) is 0 Å². The lowest BCUT2D eigenvalue weighted by molar-refractivity contribution is -0.161. The van der Waals surface area contributed by atoms with Gasteiger partial charge in [0.2, 0.25) is 0 Å². The average molecular weight is 974 g/mol. The van der Waals surface area contributed by atoms with E-state index in [1.54, 1.807) is 0 Å². The summed E-state index contributed by atoms with van der Waals surface area (Å²) >= 11 is 0. The van der Waals surface area contributed by atoms with Crippen molar-refractivity contribution in [2.45, 2.75) is 174 Å². The summed E-state index contributed by atoms with van der Waals surface area (Å²) in [7, 11) is -4.42. The van der Waals surface area contributed by atoms with E-state index in [9.17, 15) is 19.0 Å². The molecule has 386 valence electrons. The molecule has 0 aliphatic heterocycles. The third-order valence-corrected chi connectivity index (χ3v) is 10.9. The summed E-state index contributed by atoms with van der Waals surface area (Å²) in [6.45, 7) is 3.39. The summed E-state index contributed by atoms with van der Waals surface area (Å²) in [5.41, 5.74) is 5.36. The van der Waals surface area contributed by atoms with Crippen LogP contribution in [0.5, 0.6) is 0 Å². The van der Waals surface area contributed by atoms with Gasteiger partial charge < -0.3 is 20.1 Å². The quantitative estimate of drug-likeness (QED) is 0.0265. The zero-order valence-corrected chi connectivity index (χ0v) is 43.6. The average Bonchev–Trinajstić information content (AvgIpc) is 3.34. The summed E-state index contributed by atoms with van der Waals surface area (Å²) in [6.07, 6.45) is 77.2. The van der Waals surface area contributed by atoms with E-state index in [2.05, 4.69) is 166 Å². The predicted molar refractivity (Wildman–Crippen MR) is 293 cm³/mol. The SMILES string of the molecule is CC/C=C\C/C=C\C/C=C\C/C=C\C/C=C\C/C=C\C/C=C\C/C=C\C/C=C\CCCC(=O)OC(COC(=O)CCCCCCCC/C=C\C/C=C\C/C=C\C/C=C\CC)COP(=O)(O)OCCN. The molecule has 0 spiro atoms. The number of phosphoric acid groups is 1. The molecule has 69 heavy (non-hydrogen) atoms. The van der Waals surface area contributed by atoms with Gasteiger partial charge in [0.05, 0.1) is 13.2 Å². The monoisotopic (exact) mass is 974 g/mol. The lowest BCUT2D eigenvalue weighted by Gasteiger charge is -2.19. The molecule has 0 saturated heterocycles. The number of unbranched alkanes of at least 4 members (excludes halogenated alkanes) is 7. The van der Waals surface area contributed by atoms with Gasteiger partial charge in [-0.2, -0.15) is 0 Å². The highest BCUT2D eigenvalue weighted by atomic mass is 31.2. The number of allylic oxidation sites excluding steroid dienone is 26. The number of ether oxygens (including phenoxy) is 2. The van der Waals surface area contributed by atoms with Crippen LogP contribution in [-0.4, -0.2) is 49.3 Å². The van der Waals surface area contributed by atoms with Crippen LogP contribution in [0.2, 0.25) is 0 Å². The number of carbonyl (C=O) groups is 2. The van der Waals surface area contributed by atoms with Gasteiger partial charge in [-0.25, -0.2) is 4.57 Å². The first-order chi connectivity index (χ1) is 33.8. The lowest BCUT2D eigenvalue weighted by atomic mass is 10.1. The minimum absolute atomic E-state index is 0.0321. The Labute approximate surface area is 419 Å². The van der Waals surface area contributed by atoms with Crippen molar-refractivity contribution in [3.05, 3.63) is 158 Å². The van der Waals surface area contributed by atoms with Crippen molar-refractivity contribution in [3.63, 3.8) is 0 Å². The topological polar surface area (TPSA) is 134 Å². The predicted octanol–water partition coefficient (Wildman–Crippen LogP) is 16.2. The maximum absolute atomic E-state index is 12.6. The molecule has 0 amide bonds. The van der Waals surface area contributed by atoms with Gasteiger partial charge in [0.15, 0.2) is 6.10 Å². The number of carbonyl (C=O) groups excluding carboxylic acids is 2. The van der Waals surface area contributed by atoms with Crippen LogP contribution in [0.15, 0.2) is 158 Å². The number of esters is 2. The summed E-state index contributed by atoms with van der Waals surface area (Å²) in [6, 6.07) is 0. The standard InChI is InChI=1S/C59H92NO8P/c1-3-5-7-9-11-13-15-17-19-21-23-24-25-26-27-28-29-30-31-32-34-36-38-40-42-44-46-48-50-52-59(62)68-57(56-67-69(63,64)66-54-53-60)55-65-58(61)51-49-47-45-43-41-39-37-35-33-22-20-18-16-14-12-10-8-6-4-2/h5-8,11-14,17-20,23-24,26-27,29-30,32-35,38,40,44,46,57H,3-4,9-10,15-16,21-22,25,28,31,36-37,39,41-43,45,47-56,60H2,1-2H3,(H,63,64)/b7-5-,8-6-,13-11-,14-12-,19-17-,20-18-,24-23-,27-26-,30-29-,34-32-,35-33-,40-38-,46-44-. The Bertz CT molecular complexity index is 1680. The molecule has 3 N–H and O–H groups in total. The smallest absolute Gasteiger partial charge is 0.462 e. The van der Waals surface area contributed by atoms with E-state index in [0.717, 1.165) is 122 Å². The third-order valence-electron chi connectivity index (χ3n) is 9.91. The first-order valence-corrected chi connectivity index (χ1v) is 27.5. The van der Waals surface area contributed by atoms with Gasteiger partial charge in [0.1, 0.15) is 6.61 Å². The van der Waals surface area contributed by atoms with Gasteiger partial charge >= 0.3 is 19.8 Å². The van der Waals surface area contributed by atoms with E-state index in [1.165, 1.54) is 0 Å². The fourth-order valence-electron chi connectivity index (χ4n) is 6.15. The van der Waals surface area contributed by atoms with Crippen LogP contribution in [0.4, 0.5) is 0 Å². The summed E-state index contributed by atoms with van der Waals surface area (Å²) < 4.78 is 32.8. The Morgan fingerprint density at radius 3 is 1.16 bits per heavy atom. The molecule has 0 aliphatic carbocycles. The molecule has 0 fully saturated rings. The molecular formula is C59H92NO8P. The highest BCUT2D eigenvalue weighted by molar-refractivity contribution is 7.47. The molecule has 0 aromatic rings. The van der Waals surface area contributed by atoms with E-state index in [4.69, 9.17) is 24.3 Å². The molecule has 0 aromatic heterocycles. The van der Waals surface area contributed by atoms with Crippen molar-refractivity contribution in [2.75, 3.05) is 26.4 Å². The molecule has 0 rings (SSSR count). The Morgan fingerprint density at radius 2 is 0.768 bits per heavy atom. The Morgan fingerprint density at radius 1 is 0.435 bits per heavy atom. The van der Waals surface area contributed by atoms with Crippen molar-refractivity contribution in [3.8, 4) is 0 Å². The first-order valence-electron chi connectivity index (χ1n) is 26.0. The van der Waals surface area contributed by atoms with Gasteiger partial charge in [-0.15, -0.1) is 0 Å². The number of hydrogen-bond acceptors (Lipinski definition) is 8. The van der Waals surface area contributed by atoms with Gasteiger partial charge in [-0.3, -0.25) is 18.6 Å². The van der Waals surface area contributed by atoms with Gasteiger partial charge in [0, 0.05) is 19.4 Å². The fourth-order valence-corrected chi connectivity index (χ4v) is 6.92. The second-order valence-electron chi connectivity index (χ2n) is 16.3. The van der Waals surface area contributed by atoms with E-state index < -0.39 is 32.5 Å². The highest BCUT2D eigenvalue weighted by Gasteiger charge is 2.26. The number of rotatable bonds is 46. The van der Waals surface area contributed by atoms with Crippen molar-refractivity contribution < 1.29 is 37.6 Å². The Balaban J connectivity index is 4.24. The number of nitrogens with two attached hydrogens (primary N) is 1. The van der Waals surface area contributed by atoms with Gasteiger partial charge in [-0.05, 0) is 116 Å². The van der Waals surface area contributed by atoms with Crippen molar-refractivity contribution in [2.24, 2.45) is 5.73 Å². The highest BCUT2D eigenvalue weighted by Crippen LogP contribution is 2.43. The molecule has 2 unspecified atom stereocenters. The van der Waals surface area contributed by atoms with Crippen LogP contribution in [0.3, 0.4) is 0 Å². The third kappa shape index (κ3) is 52.8. The number of phosphoric ester groups is 1. The molecule has 2 atom stereocenters. The molecule has 0 heterocycles. The molecule has 0 aromatic carbocycles. The van der Waals surface area contributed by atoms with E-state index in [-0.39, 0.29) is 32.6 Å². The van der Waals surface area contributed by atoms with Crippen molar-refractivity contribution in [1.29, 1.82) is 0 Å². The number of hydrogen-bond donors (Lipinski definition) is 2. The fraction of sp³-hybridized carbons (Fsp3) is 0.525. The van der Waals surface area contributed by atoms with Crippen LogP contribution in [0, 0.1) is 0 Å². The van der Waals surface area contributed by atoms with E-state index in [0.29, 0.717) is 19.3 Å². The largest absolute Gasteiger partial charge is 0.472 e. The minimum atomic E-state index is -4.42. The van der Waals surface area contributed by atoms with Crippen LogP contribution >= 0.6 is 7.82 Å². The molecule has 9 nitrogen and oxygen atoms in total. The zero-order valence-electron chi connectivity index (χ0n) is 42.7. The molecule has 0 saturated carbocycles. The summed E-state index contributed by atoms with van der Waals surface area (Å²) in [5, 5.41) is 0. The maximum Gasteiger partial charge on any atom is 0.472 e. The maximum atomic E-state index is 12.6. The van der Waals surface area contributed by atoms with Gasteiger partial charge in [-0.1, -0.05) is 198 Å². The molecular weight excluding hydrogens is 882 g/mol. The van der Waals surface area contributed by atoms with Crippen LogP contribution in [-0.2, 0) is 32.7 Å². The lowest BCUT2D eigenvalue weighted by Crippen LogP contribution is -2.29. The molecule has 0 radical (unpaired) electrons.